The number of halogens is 3. The van der Waals surface area contributed by atoms with Crippen molar-refractivity contribution >= 4 is 39.9 Å². The second kappa shape index (κ2) is 10.0. The first kappa shape index (κ1) is 20.1. The highest BCUT2D eigenvalue weighted by atomic mass is 79.9. The molecular weight excluding hydrogens is 401 g/mol. The van der Waals surface area contributed by atoms with Crippen molar-refractivity contribution in [3.05, 3.63) is 57.0 Å². The van der Waals surface area contributed by atoms with Crippen LogP contribution in [0.3, 0.4) is 0 Å². The summed E-state index contributed by atoms with van der Waals surface area (Å²) in [7, 11) is 1.64. The Hall–Kier alpha value is -0.940. The number of rotatable bonds is 7. The predicted octanol–water partition coefficient (Wildman–Crippen LogP) is 5.22. The first-order chi connectivity index (χ1) is 10.7. The third kappa shape index (κ3) is 5.57. The third-order valence-electron chi connectivity index (χ3n) is 3.18. The Kier molecular flexibility index (Phi) is 8.77. The molecule has 0 radical (unpaired) electrons. The first-order valence-corrected chi connectivity index (χ1v) is 8.26. The van der Waals surface area contributed by atoms with E-state index in [9.17, 15) is 0 Å². The van der Waals surface area contributed by atoms with E-state index in [0.717, 1.165) is 32.1 Å². The van der Waals surface area contributed by atoms with Gasteiger partial charge in [-0.3, -0.25) is 0 Å². The number of methoxy groups -OCH3 is 1. The zero-order valence-electron chi connectivity index (χ0n) is 13.1. The minimum absolute atomic E-state index is 0. The highest BCUT2D eigenvalue weighted by Gasteiger charge is 2.11. The molecule has 0 unspecified atom stereocenters. The van der Waals surface area contributed by atoms with Gasteiger partial charge in [-0.05, 0) is 52.2 Å². The maximum Gasteiger partial charge on any atom is 0.174 e. The topological polar surface area (TPSA) is 30.5 Å². The smallest absolute Gasteiger partial charge is 0.174 e. The van der Waals surface area contributed by atoms with Gasteiger partial charge in [0.1, 0.15) is 0 Å². The fourth-order valence-electron chi connectivity index (χ4n) is 2.17. The van der Waals surface area contributed by atoms with Crippen LogP contribution in [0.1, 0.15) is 18.1 Å². The van der Waals surface area contributed by atoms with Gasteiger partial charge >= 0.3 is 0 Å². The molecular formula is C17H20BrCl2NO2. The molecule has 1 N–H and O–H groups in total. The molecule has 2 aromatic carbocycles. The number of hydrogen-bond acceptors (Lipinski definition) is 3. The summed E-state index contributed by atoms with van der Waals surface area (Å²) in [5, 5.41) is 4.17. The van der Waals surface area contributed by atoms with Crippen LogP contribution in [-0.4, -0.2) is 13.7 Å². The molecule has 2 aromatic rings. The van der Waals surface area contributed by atoms with Gasteiger partial charge in [0, 0.05) is 18.1 Å². The molecule has 6 heteroatoms. The number of nitrogens with one attached hydrogen (secondary N) is 1. The van der Waals surface area contributed by atoms with Crippen molar-refractivity contribution in [2.45, 2.75) is 20.0 Å². The van der Waals surface area contributed by atoms with Crippen molar-refractivity contribution in [3.63, 3.8) is 0 Å². The molecule has 0 heterocycles. The largest absolute Gasteiger partial charge is 0.492 e. The lowest BCUT2D eigenvalue weighted by Crippen LogP contribution is -2.13. The average molecular weight is 421 g/mol. The number of ether oxygens (including phenoxy) is 2. The van der Waals surface area contributed by atoms with Crippen LogP contribution in [0.25, 0.3) is 0 Å². The summed E-state index contributed by atoms with van der Waals surface area (Å²) >= 11 is 9.68. The van der Waals surface area contributed by atoms with Crippen LogP contribution in [0.4, 0.5) is 0 Å². The van der Waals surface area contributed by atoms with Crippen LogP contribution < -0.4 is 14.8 Å². The molecule has 0 aliphatic heterocycles. The van der Waals surface area contributed by atoms with Crippen molar-refractivity contribution in [3.8, 4) is 11.5 Å². The summed E-state index contributed by atoms with van der Waals surface area (Å²) < 4.78 is 11.9. The van der Waals surface area contributed by atoms with E-state index in [-0.39, 0.29) is 12.4 Å². The second-order valence-corrected chi connectivity index (χ2v) is 6.00. The monoisotopic (exact) mass is 419 g/mol. The lowest BCUT2D eigenvalue weighted by atomic mass is 10.2. The van der Waals surface area contributed by atoms with Crippen molar-refractivity contribution < 1.29 is 9.47 Å². The van der Waals surface area contributed by atoms with Crippen LogP contribution in [0.5, 0.6) is 11.5 Å². The van der Waals surface area contributed by atoms with Crippen LogP contribution in [0, 0.1) is 0 Å². The Balaban J connectivity index is 0.00000264. The summed E-state index contributed by atoms with van der Waals surface area (Å²) in [4.78, 5) is 0. The van der Waals surface area contributed by atoms with Crippen molar-refractivity contribution in [2.75, 3.05) is 13.7 Å². The first-order valence-electron chi connectivity index (χ1n) is 7.09. The molecule has 0 aliphatic rings. The zero-order chi connectivity index (χ0) is 15.9. The SMILES string of the molecule is CCOc1cc(CNCc2ccccc2Cl)cc(Br)c1OC.Cl. The van der Waals surface area contributed by atoms with Crippen molar-refractivity contribution in [1.82, 2.24) is 5.32 Å². The van der Waals surface area contributed by atoms with Crippen molar-refractivity contribution in [1.29, 1.82) is 0 Å². The van der Waals surface area contributed by atoms with Gasteiger partial charge in [-0.25, -0.2) is 0 Å². The van der Waals surface area contributed by atoms with E-state index in [0.29, 0.717) is 19.7 Å². The van der Waals surface area contributed by atoms with Crippen LogP contribution >= 0.6 is 39.9 Å². The highest BCUT2D eigenvalue weighted by molar-refractivity contribution is 9.10. The minimum Gasteiger partial charge on any atom is -0.492 e. The van der Waals surface area contributed by atoms with Gasteiger partial charge in [0.15, 0.2) is 11.5 Å². The Morgan fingerprint density at radius 2 is 1.91 bits per heavy atom. The molecule has 0 saturated carbocycles. The predicted molar refractivity (Wildman–Crippen MR) is 101 cm³/mol. The van der Waals surface area contributed by atoms with Gasteiger partial charge in [-0.1, -0.05) is 29.8 Å². The van der Waals surface area contributed by atoms with Gasteiger partial charge < -0.3 is 14.8 Å². The second-order valence-electron chi connectivity index (χ2n) is 4.74. The minimum atomic E-state index is 0. The van der Waals surface area contributed by atoms with E-state index >= 15 is 0 Å². The van der Waals surface area contributed by atoms with Gasteiger partial charge in [0.25, 0.3) is 0 Å². The third-order valence-corrected chi connectivity index (χ3v) is 4.13. The Labute approximate surface area is 156 Å². The normalized spacial score (nSPS) is 10.1. The molecule has 2 rings (SSSR count). The Morgan fingerprint density at radius 3 is 2.57 bits per heavy atom. The fourth-order valence-corrected chi connectivity index (χ4v) is 3.02. The summed E-state index contributed by atoms with van der Waals surface area (Å²) in [6, 6.07) is 11.9. The molecule has 126 valence electrons. The Morgan fingerprint density at radius 1 is 1.17 bits per heavy atom. The van der Waals surface area contributed by atoms with E-state index in [1.165, 1.54) is 0 Å². The van der Waals surface area contributed by atoms with Crippen LogP contribution in [0.2, 0.25) is 5.02 Å². The zero-order valence-corrected chi connectivity index (χ0v) is 16.2. The van der Waals surface area contributed by atoms with E-state index in [1.54, 1.807) is 7.11 Å². The highest BCUT2D eigenvalue weighted by Crippen LogP contribution is 2.36. The maximum absolute atomic E-state index is 6.15. The molecule has 0 atom stereocenters. The van der Waals surface area contributed by atoms with Gasteiger partial charge in [0.2, 0.25) is 0 Å². The quantitative estimate of drug-likeness (QED) is 0.665. The Bertz CT molecular complexity index is 638. The molecule has 0 amide bonds. The summed E-state index contributed by atoms with van der Waals surface area (Å²) in [5.41, 5.74) is 2.20. The fraction of sp³-hybridized carbons (Fsp3) is 0.294. The van der Waals surface area contributed by atoms with E-state index in [2.05, 4.69) is 21.2 Å². The molecule has 0 fully saturated rings. The molecule has 0 aromatic heterocycles. The molecule has 0 aliphatic carbocycles. The summed E-state index contributed by atoms with van der Waals surface area (Å²) in [6.45, 7) is 3.98. The van der Waals surface area contributed by atoms with E-state index in [1.807, 2.05) is 43.3 Å². The lowest BCUT2D eigenvalue weighted by Gasteiger charge is -2.14. The standard InChI is InChI=1S/C17H19BrClNO2.ClH/c1-3-22-16-9-12(8-14(18)17(16)21-2)10-20-11-13-6-4-5-7-15(13)19;/h4-9,20H,3,10-11H2,1-2H3;1H. The summed E-state index contributed by atoms with van der Waals surface area (Å²) in [5.74, 6) is 1.46. The molecule has 0 spiro atoms. The van der Waals surface area contributed by atoms with E-state index < -0.39 is 0 Å². The number of hydrogen-bond donors (Lipinski definition) is 1. The average Bonchev–Trinajstić information content (AvgIpc) is 2.49. The molecule has 23 heavy (non-hydrogen) atoms. The van der Waals surface area contributed by atoms with Gasteiger partial charge in [-0.15, -0.1) is 12.4 Å². The molecule has 3 nitrogen and oxygen atoms in total. The van der Waals surface area contributed by atoms with Crippen LogP contribution in [0.15, 0.2) is 40.9 Å². The summed E-state index contributed by atoms with van der Waals surface area (Å²) in [6.07, 6.45) is 0. The van der Waals surface area contributed by atoms with Gasteiger partial charge in [-0.2, -0.15) is 0 Å². The molecule has 0 saturated heterocycles. The van der Waals surface area contributed by atoms with Gasteiger partial charge in [0.05, 0.1) is 18.2 Å². The van der Waals surface area contributed by atoms with Crippen LogP contribution in [-0.2, 0) is 13.1 Å². The van der Waals surface area contributed by atoms with E-state index in [4.69, 9.17) is 21.1 Å². The van der Waals surface area contributed by atoms with Crippen molar-refractivity contribution in [2.24, 2.45) is 0 Å². The number of benzene rings is 2. The molecule has 0 bridgehead atoms. The maximum atomic E-state index is 6.15. The lowest BCUT2D eigenvalue weighted by molar-refractivity contribution is 0.309.